The van der Waals surface area contributed by atoms with Gasteiger partial charge in [-0.05, 0) is 49.4 Å². The van der Waals surface area contributed by atoms with E-state index in [1.807, 2.05) is 16.7 Å². The van der Waals surface area contributed by atoms with E-state index < -0.39 is 0 Å². The van der Waals surface area contributed by atoms with E-state index in [-0.39, 0.29) is 23.3 Å². The zero-order chi connectivity index (χ0) is 18.6. The van der Waals surface area contributed by atoms with E-state index in [9.17, 15) is 9.59 Å². The summed E-state index contributed by atoms with van der Waals surface area (Å²) in [6, 6.07) is 7.16. The minimum absolute atomic E-state index is 0.0138. The number of likely N-dealkylation sites (tertiary alicyclic amines) is 1. The summed E-state index contributed by atoms with van der Waals surface area (Å²) in [6.45, 7) is 11.0. The smallest absolute Gasteiger partial charge is 0.253 e. The molecule has 0 spiro atoms. The second kappa shape index (κ2) is 8.00. The molecule has 0 aliphatic carbocycles. The number of hydrogen-bond acceptors (Lipinski definition) is 3. The summed E-state index contributed by atoms with van der Waals surface area (Å²) in [6.07, 6.45) is 1.75. The van der Waals surface area contributed by atoms with Crippen LogP contribution in [0.2, 0.25) is 0 Å². The van der Waals surface area contributed by atoms with Crippen LogP contribution in [0.25, 0.3) is 0 Å². The van der Waals surface area contributed by atoms with Crippen LogP contribution in [0.3, 0.4) is 0 Å². The molecular weight excluding hydrogens is 314 g/mol. The van der Waals surface area contributed by atoms with Gasteiger partial charge in [-0.3, -0.25) is 9.59 Å². The maximum Gasteiger partial charge on any atom is 0.253 e. The lowest BCUT2D eigenvalue weighted by atomic mass is 9.79. The molecule has 0 radical (unpaired) electrons. The van der Waals surface area contributed by atoms with Crippen LogP contribution in [-0.4, -0.2) is 53.8 Å². The van der Waals surface area contributed by atoms with Gasteiger partial charge in [-0.2, -0.15) is 0 Å². The van der Waals surface area contributed by atoms with Crippen LogP contribution in [0.15, 0.2) is 24.3 Å². The van der Waals surface area contributed by atoms with Crippen molar-refractivity contribution in [3.05, 3.63) is 35.4 Å². The highest BCUT2D eigenvalue weighted by atomic mass is 16.2. The molecule has 25 heavy (non-hydrogen) atoms. The first-order valence-corrected chi connectivity index (χ1v) is 9.24. The van der Waals surface area contributed by atoms with Crippen LogP contribution in [0.5, 0.6) is 0 Å². The number of rotatable bonds is 5. The molecule has 1 fully saturated rings. The first-order valence-electron chi connectivity index (χ1n) is 9.24. The average molecular weight is 345 g/mol. The van der Waals surface area contributed by atoms with E-state index in [2.05, 4.69) is 20.8 Å². The predicted molar refractivity (Wildman–Crippen MR) is 101 cm³/mol. The quantitative estimate of drug-likeness (QED) is 0.892. The molecule has 1 atom stereocenters. The van der Waals surface area contributed by atoms with Gasteiger partial charge in [-0.25, -0.2) is 0 Å². The molecule has 1 aliphatic rings. The third-order valence-corrected chi connectivity index (χ3v) is 5.14. The fraction of sp³-hybridized carbons (Fsp3) is 0.600. The molecule has 0 aromatic heterocycles. The van der Waals surface area contributed by atoms with Crippen molar-refractivity contribution in [1.82, 2.24) is 9.80 Å². The lowest BCUT2D eigenvalue weighted by Crippen LogP contribution is -2.54. The fourth-order valence-corrected chi connectivity index (χ4v) is 3.34. The first kappa shape index (κ1) is 19.4. The molecule has 1 saturated heterocycles. The Kier molecular flexibility index (Phi) is 6.22. The minimum atomic E-state index is -0.0778. The molecule has 1 aromatic rings. The van der Waals surface area contributed by atoms with E-state index in [1.165, 1.54) is 0 Å². The highest BCUT2D eigenvalue weighted by Gasteiger charge is 2.35. The highest BCUT2D eigenvalue weighted by Crippen LogP contribution is 2.28. The van der Waals surface area contributed by atoms with E-state index in [0.29, 0.717) is 30.8 Å². The van der Waals surface area contributed by atoms with E-state index in [1.54, 1.807) is 24.3 Å². The van der Waals surface area contributed by atoms with Gasteiger partial charge in [0.2, 0.25) is 0 Å². The second-order valence-corrected chi connectivity index (χ2v) is 7.57. The molecule has 5 heteroatoms. The van der Waals surface area contributed by atoms with Crippen molar-refractivity contribution in [1.29, 1.82) is 0 Å². The Labute approximate surface area is 151 Å². The Morgan fingerprint density at radius 1 is 1.20 bits per heavy atom. The Balaban J connectivity index is 2.09. The topological polar surface area (TPSA) is 66.6 Å². The number of amides is 2. The number of hydrogen-bond donors (Lipinski definition) is 1. The Morgan fingerprint density at radius 3 is 2.32 bits per heavy atom. The van der Waals surface area contributed by atoms with Crippen LogP contribution in [-0.2, 0) is 0 Å². The van der Waals surface area contributed by atoms with Crippen molar-refractivity contribution >= 4 is 11.8 Å². The van der Waals surface area contributed by atoms with E-state index in [0.717, 1.165) is 19.4 Å². The van der Waals surface area contributed by atoms with E-state index >= 15 is 0 Å². The number of carbonyl (C=O) groups is 2. The Hall–Kier alpha value is -1.88. The summed E-state index contributed by atoms with van der Waals surface area (Å²) >= 11 is 0. The van der Waals surface area contributed by atoms with Crippen LogP contribution < -0.4 is 5.73 Å². The maximum absolute atomic E-state index is 12.8. The fourth-order valence-electron chi connectivity index (χ4n) is 3.34. The molecule has 1 aliphatic heterocycles. The monoisotopic (exact) mass is 345 g/mol. The third-order valence-electron chi connectivity index (χ3n) is 5.14. The summed E-state index contributed by atoms with van der Waals surface area (Å²) < 4.78 is 0. The standard InChI is InChI=1S/C20H31N3O2/c1-5-12-22(6-2)18(24)15-7-9-16(10-8-15)19(25)23-13-11-17(21)20(3,4)14-23/h7-10,17H,5-6,11-14,21H2,1-4H3. The molecule has 2 rings (SSSR count). The molecule has 0 bridgehead atoms. The van der Waals surface area contributed by atoms with Crippen LogP contribution in [0, 0.1) is 5.41 Å². The van der Waals surface area contributed by atoms with Crippen LogP contribution in [0.1, 0.15) is 61.3 Å². The molecule has 0 saturated carbocycles. The average Bonchev–Trinajstić information content (AvgIpc) is 2.61. The van der Waals surface area contributed by atoms with Crippen molar-refractivity contribution in [3.8, 4) is 0 Å². The van der Waals surface area contributed by atoms with Gasteiger partial charge in [0.1, 0.15) is 0 Å². The van der Waals surface area contributed by atoms with Gasteiger partial charge in [-0.1, -0.05) is 20.8 Å². The van der Waals surface area contributed by atoms with Gasteiger partial charge in [-0.15, -0.1) is 0 Å². The summed E-state index contributed by atoms with van der Waals surface area (Å²) in [7, 11) is 0. The van der Waals surface area contributed by atoms with Gasteiger partial charge >= 0.3 is 0 Å². The van der Waals surface area contributed by atoms with Crippen molar-refractivity contribution in [2.75, 3.05) is 26.2 Å². The minimum Gasteiger partial charge on any atom is -0.339 e. The molecule has 1 heterocycles. The van der Waals surface area contributed by atoms with E-state index in [4.69, 9.17) is 5.73 Å². The van der Waals surface area contributed by atoms with Gasteiger partial charge in [0.05, 0.1) is 0 Å². The van der Waals surface area contributed by atoms with Crippen LogP contribution in [0.4, 0.5) is 0 Å². The predicted octanol–water partition coefficient (Wildman–Crippen LogP) is 2.76. The molecular formula is C20H31N3O2. The second-order valence-electron chi connectivity index (χ2n) is 7.57. The van der Waals surface area contributed by atoms with Gasteiger partial charge < -0.3 is 15.5 Å². The van der Waals surface area contributed by atoms with Gasteiger partial charge in [0.15, 0.2) is 0 Å². The first-order chi connectivity index (χ1) is 11.8. The number of nitrogens with two attached hydrogens (primary N) is 1. The molecule has 5 nitrogen and oxygen atoms in total. The van der Waals surface area contributed by atoms with Crippen molar-refractivity contribution in [2.45, 2.75) is 46.6 Å². The molecule has 1 aromatic carbocycles. The van der Waals surface area contributed by atoms with Crippen molar-refractivity contribution in [2.24, 2.45) is 11.1 Å². The summed E-state index contributed by atoms with van der Waals surface area (Å²) in [5, 5.41) is 0. The summed E-state index contributed by atoms with van der Waals surface area (Å²) in [5.41, 5.74) is 7.33. The highest BCUT2D eigenvalue weighted by molar-refractivity contribution is 5.97. The Bertz CT molecular complexity index is 610. The Morgan fingerprint density at radius 2 is 1.80 bits per heavy atom. The molecule has 2 N–H and O–H groups in total. The van der Waals surface area contributed by atoms with Crippen molar-refractivity contribution in [3.63, 3.8) is 0 Å². The number of benzene rings is 1. The number of piperidine rings is 1. The lowest BCUT2D eigenvalue weighted by molar-refractivity contribution is 0.0532. The summed E-state index contributed by atoms with van der Waals surface area (Å²) in [5.74, 6) is 0.0355. The van der Waals surface area contributed by atoms with Gasteiger partial charge in [0.25, 0.3) is 11.8 Å². The normalized spacial score (nSPS) is 19.6. The number of carbonyl (C=O) groups excluding carboxylic acids is 2. The molecule has 2 amide bonds. The zero-order valence-electron chi connectivity index (χ0n) is 15.9. The summed E-state index contributed by atoms with van der Waals surface area (Å²) in [4.78, 5) is 28.9. The molecule has 1 unspecified atom stereocenters. The SMILES string of the molecule is CCCN(CC)C(=O)c1ccc(C(=O)N2CCC(N)C(C)(C)C2)cc1. The maximum atomic E-state index is 12.8. The van der Waals surface area contributed by atoms with Crippen LogP contribution >= 0.6 is 0 Å². The third kappa shape index (κ3) is 4.40. The van der Waals surface area contributed by atoms with Crippen molar-refractivity contribution < 1.29 is 9.59 Å². The van der Waals surface area contributed by atoms with Gasteiger partial charge in [0, 0.05) is 43.3 Å². The lowest BCUT2D eigenvalue weighted by Gasteiger charge is -2.42. The number of nitrogens with zero attached hydrogens (tertiary/aromatic N) is 2. The molecule has 138 valence electrons. The largest absolute Gasteiger partial charge is 0.339 e. The zero-order valence-corrected chi connectivity index (χ0v) is 15.9.